The van der Waals surface area contributed by atoms with Gasteiger partial charge >= 0.3 is 0 Å². The van der Waals surface area contributed by atoms with Crippen molar-refractivity contribution in [3.8, 4) is 11.1 Å². The number of carbonyl (C=O) groups is 1. The second-order valence-electron chi connectivity index (χ2n) is 11.2. The number of para-hydroxylation sites is 1. The number of carbonyl (C=O) groups excluding carboxylic acids is 1. The van der Waals surface area contributed by atoms with Gasteiger partial charge in [-0.2, -0.15) is 0 Å². The Bertz CT molecular complexity index is 2050. The molecule has 0 radical (unpaired) electrons. The van der Waals surface area contributed by atoms with Crippen molar-refractivity contribution in [3.63, 3.8) is 0 Å². The number of aromatic nitrogens is 1. The van der Waals surface area contributed by atoms with Crippen LogP contribution in [0.5, 0.6) is 0 Å². The fourth-order valence-electron chi connectivity index (χ4n) is 5.78. The second-order valence-corrected chi connectivity index (χ2v) is 12.9. The molecule has 12 heteroatoms. The molecule has 1 aliphatic heterocycles. The van der Waals surface area contributed by atoms with Gasteiger partial charge in [0.05, 0.1) is 10.4 Å². The quantitative estimate of drug-likeness (QED) is 0.165. The first kappa shape index (κ1) is 31.1. The van der Waals surface area contributed by atoms with Crippen molar-refractivity contribution in [2.45, 2.75) is 24.4 Å². The molecule has 0 bridgehead atoms. The number of anilines is 2. The number of hydrogen-bond acceptors (Lipinski definition) is 6. The normalized spacial score (nSPS) is 15.7. The smallest absolute Gasteiger partial charge is 0.262 e. The van der Waals surface area contributed by atoms with Crippen LogP contribution < -0.4 is 10.5 Å². The van der Waals surface area contributed by atoms with Crippen LogP contribution in [-0.2, 0) is 16.6 Å². The summed E-state index contributed by atoms with van der Waals surface area (Å²) in [5.74, 6) is -4.19. The maximum atomic E-state index is 14.2. The van der Waals surface area contributed by atoms with Gasteiger partial charge in [-0.1, -0.05) is 30.3 Å². The van der Waals surface area contributed by atoms with E-state index in [2.05, 4.69) is 9.71 Å². The van der Waals surface area contributed by atoms with Crippen LogP contribution in [0, 0.1) is 17.5 Å². The summed E-state index contributed by atoms with van der Waals surface area (Å²) >= 11 is 0. The van der Waals surface area contributed by atoms with Gasteiger partial charge < -0.3 is 10.6 Å². The molecule has 1 saturated heterocycles. The molecular weight excluding hydrogens is 615 g/mol. The van der Waals surface area contributed by atoms with Crippen LogP contribution >= 0.6 is 0 Å². The molecule has 0 spiro atoms. The lowest BCUT2D eigenvalue weighted by atomic mass is 10.0. The summed E-state index contributed by atoms with van der Waals surface area (Å²) in [6.45, 7) is 3.07. The zero-order chi connectivity index (χ0) is 32.6. The van der Waals surface area contributed by atoms with E-state index in [1.807, 2.05) is 30.0 Å². The molecule has 4 aromatic carbocycles. The molecule has 8 nitrogen and oxygen atoms in total. The minimum atomic E-state index is -4.09. The fraction of sp³-hybridized carbons (Fsp3) is 0.176. The Morgan fingerprint density at radius 2 is 1.70 bits per heavy atom. The summed E-state index contributed by atoms with van der Waals surface area (Å²) in [7, 11) is -4.09. The van der Waals surface area contributed by atoms with Crippen molar-refractivity contribution in [1.82, 2.24) is 14.8 Å². The monoisotopic (exact) mass is 645 g/mol. The van der Waals surface area contributed by atoms with Gasteiger partial charge in [0.15, 0.2) is 17.5 Å². The number of halogens is 3. The highest BCUT2D eigenvalue weighted by atomic mass is 32.2. The van der Waals surface area contributed by atoms with Crippen molar-refractivity contribution >= 4 is 38.2 Å². The maximum absolute atomic E-state index is 14.2. The molecule has 236 valence electrons. The first-order chi connectivity index (χ1) is 22.0. The Hall–Kier alpha value is -4.94. The van der Waals surface area contributed by atoms with E-state index in [1.54, 1.807) is 41.4 Å². The molecule has 6 rings (SSSR count). The molecule has 5 aromatic rings. The van der Waals surface area contributed by atoms with Crippen molar-refractivity contribution in [2.75, 3.05) is 30.1 Å². The molecule has 0 aliphatic carbocycles. The second kappa shape index (κ2) is 12.5. The third-order valence-corrected chi connectivity index (χ3v) is 9.52. The lowest BCUT2D eigenvalue weighted by Gasteiger charge is -2.40. The van der Waals surface area contributed by atoms with Gasteiger partial charge in [-0.05, 0) is 61.5 Å². The van der Waals surface area contributed by atoms with E-state index in [0.717, 1.165) is 11.5 Å². The molecule has 1 atom stereocenters. The standard InChI is InChI=1S/C34H30F3N5O3S/c1-21-19-41(20-24-9-13-29(35)32(37)31(24)36)16-17-42(21)34(43)23-7-11-26(12-8-23)40-46(44,45)30-14-10-25(38)18-28(30)27-6-2-4-22-5-3-15-39-33(22)27/h2-15,18,21,40H,16-17,19-20,38H2,1H3/t21-/m1/s1. The molecule has 1 aliphatic rings. The van der Waals surface area contributed by atoms with Gasteiger partial charge in [0.25, 0.3) is 15.9 Å². The Labute approximate surface area is 264 Å². The topological polar surface area (TPSA) is 109 Å². The average Bonchev–Trinajstić information content (AvgIpc) is 3.04. The maximum Gasteiger partial charge on any atom is 0.262 e. The van der Waals surface area contributed by atoms with E-state index in [0.29, 0.717) is 47.5 Å². The summed E-state index contributed by atoms with van der Waals surface area (Å²) in [4.78, 5) is 21.4. The van der Waals surface area contributed by atoms with E-state index in [9.17, 15) is 26.4 Å². The van der Waals surface area contributed by atoms with Crippen LogP contribution in [0.4, 0.5) is 24.5 Å². The molecule has 3 N–H and O–H groups in total. The molecule has 2 heterocycles. The lowest BCUT2D eigenvalue weighted by molar-refractivity contribution is 0.0473. The average molecular weight is 646 g/mol. The van der Waals surface area contributed by atoms with E-state index < -0.39 is 27.5 Å². The van der Waals surface area contributed by atoms with Crippen molar-refractivity contribution in [1.29, 1.82) is 0 Å². The summed E-state index contributed by atoms with van der Waals surface area (Å²) in [6, 6.07) is 21.8. The molecule has 1 aromatic heterocycles. The largest absolute Gasteiger partial charge is 0.399 e. The fourth-order valence-corrected chi connectivity index (χ4v) is 7.04. The van der Waals surface area contributed by atoms with Gasteiger partial charge in [0.1, 0.15) is 0 Å². The Balaban J connectivity index is 1.16. The van der Waals surface area contributed by atoms with Crippen LogP contribution in [0.3, 0.4) is 0 Å². The highest BCUT2D eigenvalue weighted by molar-refractivity contribution is 7.92. The number of amides is 1. The van der Waals surface area contributed by atoms with Crippen molar-refractivity contribution in [3.05, 3.63) is 120 Å². The summed E-state index contributed by atoms with van der Waals surface area (Å²) in [5, 5.41) is 0.854. The van der Waals surface area contributed by atoms with E-state index in [4.69, 9.17) is 5.73 Å². The summed E-state index contributed by atoms with van der Waals surface area (Å²) in [5.41, 5.74) is 8.81. The number of benzene rings is 4. The van der Waals surface area contributed by atoms with Crippen molar-refractivity contribution < 1.29 is 26.4 Å². The third-order valence-electron chi connectivity index (χ3n) is 8.08. The number of rotatable bonds is 7. The van der Waals surface area contributed by atoms with Gasteiger partial charge in [0, 0.05) is 77.4 Å². The Morgan fingerprint density at radius 3 is 2.46 bits per heavy atom. The summed E-state index contributed by atoms with van der Waals surface area (Å²) in [6.07, 6.45) is 1.64. The number of nitrogens with one attached hydrogen (secondary N) is 1. The molecule has 1 amide bonds. The number of nitrogen functional groups attached to an aromatic ring is 1. The predicted octanol–water partition coefficient (Wildman–Crippen LogP) is 6.05. The Morgan fingerprint density at radius 1 is 0.935 bits per heavy atom. The van der Waals surface area contributed by atoms with Crippen LogP contribution in [-0.4, -0.2) is 54.8 Å². The van der Waals surface area contributed by atoms with Gasteiger partial charge in [0.2, 0.25) is 0 Å². The lowest BCUT2D eigenvalue weighted by Crippen LogP contribution is -2.53. The summed E-state index contributed by atoms with van der Waals surface area (Å²) < 4.78 is 71.1. The minimum Gasteiger partial charge on any atom is -0.399 e. The number of nitrogens with zero attached hydrogens (tertiary/aromatic N) is 3. The van der Waals surface area contributed by atoms with Crippen molar-refractivity contribution in [2.24, 2.45) is 0 Å². The van der Waals surface area contributed by atoms with Crippen LogP contribution in [0.15, 0.2) is 96.0 Å². The van der Waals surface area contributed by atoms with Crippen LogP contribution in [0.2, 0.25) is 0 Å². The molecule has 1 fully saturated rings. The predicted molar refractivity (Wildman–Crippen MR) is 171 cm³/mol. The number of pyridine rings is 1. The van der Waals surface area contributed by atoms with Gasteiger partial charge in [-0.3, -0.25) is 19.4 Å². The number of hydrogen-bond donors (Lipinski definition) is 2. The molecule has 0 saturated carbocycles. The highest BCUT2D eigenvalue weighted by Gasteiger charge is 2.29. The number of sulfonamides is 1. The van der Waals surface area contributed by atoms with E-state index in [1.165, 1.54) is 30.3 Å². The van der Waals surface area contributed by atoms with Crippen LogP contribution in [0.25, 0.3) is 22.0 Å². The SMILES string of the molecule is C[C@@H]1CN(Cc2ccc(F)c(F)c2F)CCN1C(=O)c1ccc(NS(=O)(=O)c2ccc(N)cc2-c2cccc3cccnc23)cc1. The van der Waals surface area contributed by atoms with E-state index in [-0.39, 0.29) is 34.6 Å². The number of nitrogens with two attached hydrogens (primary N) is 1. The molecule has 46 heavy (non-hydrogen) atoms. The van der Waals surface area contributed by atoms with E-state index >= 15 is 0 Å². The molecular formula is C34H30F3N5O3S. The zero-order valence-corrected chi connectivity index (χ0v) is 25.6. The third kappa shape index (κ3) is 6.13. The first-order valence-corrected chi connectivity index (χ1v) is 16.0. The van der Waals surface area contributed by atoms with Gasteiger partial charge in [-0.15, -0.1) is 0 Å². The minimum absolute atomic E-state index is 0.0231. The first-order valence-electron chi connectivity index (χ1n) is 14.5. The highest BCUT2D eigenvalue weighted by Crippen LogP contribution is 2.34. The number of piperazine rings is 1. The Kier molecular flexibility index (Phi) is 8.41. The number of fused-ring (bicyclic) bond motifs is 1. The molecule has 0 unspecified atom stereocenters. The zero-order valence-electron chi connectivity index (χ0n) is 24.8. The van der Waals surface area contributed by atoms with Crippen LogP contribution in [0.1, 0.15) is 22.8 Å². The van der Waals surface area contributed by atoms with Gasteiger partial charge in [-0.25, -0.2) is 21.6 Å².